The van der Waals surface area contributed by atoms with Gasteiger partial charge >= 0.3 is 0 Å². The van der Waals surface area contributed by atoms with Gasteiger partial charge in [0.2, 0.25) is 0 Å². The summed E-state index contributed by atoms with van der Waals surface area (Å²) in [5, 5.41) is 0. The number of benzene rings is 2. The smallest absolute Gasteiger partial charge is 0.137 e. The number of aryl methyl sites for hydroxylation is 1. The van der Waals surface area contributed by atoms with Crippen LogP contribution >= 0.6 is 15.9 Å². The molecule has 2 aromatic carbocycles. The molecule has 0 fully saturated rings. The Labute approximate surface area is 126 Å². The summed E-state index contributed by atoms with van der Waals surface area (Å²) in [6, 6.07) is 10.7. The van der Waals surface area contributed by atoms with Crippen molar-refractivity contribution in [1.82, 2.24) is 0 Å². The molecule has 0 heterocycles. The quantitative estimate of drug-likeness (QED) is 0.891. The van der Waals surface area contributed by atoms with Gasteiger partial charge in [-0.05, 0) is 47.5 Å². The van der Waals surface area contributed by atoms with E-state index >= 15 is 0 Å². The van der Waals surface area contributed by atoms with Crippen molar-refractivity contribution in [2.24, 2.45) is 5.73 Å². The lowest BCUT2D eigenvalue weighted by Gasteiger charge is -2.15. The van der Waals surface area contributed by atoms with E-state index in [1.807, 2.05) is 38.1 Å². The Hall–Kier alpha value is -1.39. The van der Waals surface area contributed by atoms with E-state index < -0.39 is 0 Å². The van der Waals surface area contributed by atoms with Crippen molar-refractivity contribution in [1.29, 1.82) is 0 Å². The van der Waals surface area contributed by atoms with E-state index in [1.165, 1.54) is 6.07 Å². The van der Waals surface area contributed by atoms with Crippen LogP contribution in [0.15, 0.2) is 40.9 Å². The summed E-state index contributed by atoms with van der Waals surface area (Å²) in [4.78, 5) is 0. The molecule has 0 saturated heterocycles. The predicted molar refractivity (Wildman–Crippen MR) is 82.2 cm³/mol. The summed E-state index contributed by atoms with van der Waals surface area (Å²) in [7, 11) is 0. The number of rotatable bonds is 4. The van der Waals surface area contributed by atoms with Gasteiger partial charge in [-0.15, -0.1) is 0 Å². The van der Waals surface area contributed by atoms with Crippen LogP contribution in [0.2, 0.25) is 0 Å². The minimum absolute atomic E-state index is 0.110. The van der Waals surface area contributed by atoms with Gasteiger partial charge in [-0.25, -0.2) is 4.39 Å². The van der Waals surface area contributed by atoms with Gasteiger partial charge in [-0.3, -0.25) is 0 Å². The molecule has 0 aliphatic rings. The second kappa shape index (κ2) is 6.37. The van der Waals surface area contributed by atoms with Gasteiger partial charge in [0.05, 0.1) is 4.47 Å². The maximum Gasteiger partial charge on any atom is 0.137 e. The van der Waals surface area contributed by atoms with Crippen LogP contribution < -0.4 is 10.5 Å². The second-order valence-electron chi connectivity index (χ2n) is 4.83. The molecule has 0 aliphatic carbocycles. The number of nitrogens with two attached hydrogens (primary N) is 1. The standard InChI is InChI=1S/C16H17BrFNO/c1-10-6-7-13(11(2)19)15(8-10)20-9-12-4-3-5-14(18)16(12)17/h3-8,11H,9,19H2,1-2H3/t11-/m1/s1. The second-order valence-corrected chi connectivity index (χ2v) is 5.62. The zero-order chi connectivity index (χ0) is 14.7. The van der Waals surface area contributed by atoms with Crippen molar-refractivity contribution in [2.45, 2.75) is 26.5 Å². The van der Waals surface area contributed by atoms with E-state index in [9.17, 15) is 4.39 Å². The van der Waals surface area contributed by atoms with Gasteiger partial charge in [0.1, 0.15) is 18.2 Å². The Bertz CT molecular complexity index is 613. The Morgan fingerprint density at radius 3 is 2.75 bits per heavy atom. The molecule has 0 saturated carbocycles. The molecule has 1 atom stereocenters. The highest BCUT2D eigenvalue weighted by molar-refractivity contribution is 9.10. The third-order valence-electron chi connectivity index (χ3n) is 3.07. The van der Waals surface area contributed by atoms with Gasteiger partial charge in [0.25, 0.3) is 0 Å². The van der Waals surface area contributed by atoms with E-state index in [2.05, 4.69) is 15.9 Å². The van der Waals surface area contributed by atoms with E-state index in [0.29, 0.717) is 11.1 Å². The monoisotopic (exact) mass is 337 g/mol. The first-order valence-corrected chi connectivity index (χ1v) is 7.20. The van der Waals surface area contributed by atoms with Crippen LogP contribution in [-0.2, 0) is 6.61 Å². The molecule has 106 valence electrons. The molecule has 2 rings (SSSR count). The number of ether oxygens (including phenoxy) is 1. The summed E-state index contributed by atoms with van der Waals surface area (Å²) >= 11 is 3.24. The molecule has 2 nitrogen and oxygen atoms in total. The molecule has 20 heavy (non-hydrogen) atoms. The first kappa shape index (κ1) is 15.0. The van der Waals surface area contributed by atoms with Crippen LogP contribution in [0.25, 0.3) is 0 Å². The fourth-order valence-corrected chi connectivity index (χ4v) is 2.34. The van der Waals surface area contributed by atoms with Crippen molar-refractivity contribution < 1.29 is 9.13 Å². The van der Waals surface area contributed by atoms with Gasteiger partial charge < -0.3 is 10.5 Å². The van der Waals surface area contributed by atoms with E-state index in [4.69, 9.17) is 10.5 Å². The van der Waals surface area contributed by atoms with Crippen LogP contribution in [0.4, 0.5) is 4.39 Å². The lowest BCUT2D eigenvalue weighted by atomic mass is 10.1. The molecular formula is C16H17BrFNO. The molecule has 0 amide bonds. The SMILES string of the molecule is Cc1ccc([C@@H](C)N)c(OCc2cccc(F)c2Br)c1. The minimum atomic E-state index is -0.289. The van der Waals surface area contributed by atoms with Crippen molar-refractivity contribution >= 4 is 15.9 Å². The van der Waals surface area contributed by atoms with E-state index in [-0.39, 0.29) is 11.9 Å². The third-order valence-corrected chi connectivity index (χ3v) is 3.96. The average Bonchev–Trinajstić information content (AvgIpc) is 2.40. The predicted octanol–water partition coefficient (Wildman–Crippen LogP) is 4.50. The molecule has 0 aromatic heterocycles. The number of hydrogen-bond donors (Lipinski definition) is 1. The van der Waals surface area contributed by atoms with Crippen molar-refractivity contribution in [2.75, 3.05) is 0 Å². The highest BCUT2D eigenvalue weighted by Gasteiger charge is 2.10. The van der Waals surface area contributed by atoms with Gasteiger partial charge in [0.15, 0.2) is 0 Å². The molecule has 0 bridgehead atoms. The normalized spacial score (nSPS) is 12.2. The molecule has 2 aromatic rings. The molecular weight excluding hydrogens is 321 g/mol. The Balaban J connectivity index is 2.22. The van der Waals surface area contributed by atoms with E-state index in [1.54, 1.807) is 6.07 Å². The molecule has 4 heteroatoms. The summed E-state index contributed by atoms with van der Waals surface area (Å²) in [6.45, 7) is 4.20. The fraction of sp³-hybridized carbons (Fsp3) is 0.250. The summed E-state index contributed by atoms with van der Waals surface area (Å²) in [5.74, 6) is 0.457. The Kier molecular flexibility index (Phi) is 4.78. The average molecular weight is 338 g/mol. The first-order chi connectivity index (χ1) is 9.49. The number of hydrogen-bond acceptors (Lipinski definition) is 2. The maximum atomic E-state index is 13.5. The topological polar surface area (TPSA) is 35.2 Å². The van der Waals surface area contributed by atoms with Gasteiger partial charge in [-0.1, -0.05) is 24.3 Å². The number of halogens is 2. The van der Waals surface area contributed by atoms with Gasteiger partial charge in [-0.2, -0.15) is 0 Å². The van der Waals surface area contributed by atoms with Crippen molar-refractivity contribution in [3.05, 3.63) is 63.4 Å². The summed E-state index contributed by atoms with van der Waals surface area (Å²) < 4.78 is 19.7. The molecule has 0 radical (unpaired) electrons. The van der Waals surface area contributed by atoms with Gasteiger partial charge in [0, 0.05) is 17.2 Å². The Morgan fingerprint density at radius 1 is 1.30 bits per heavy atom. The van der Waals surface area contributed by atoms with Crippen LogP contribution in [0.1, 0.15) is 29.7 Å². The third kappa shape index (κ3) is 3.38. The molecule has 0 unspecified atom stereocenters. The summed E-state index contributed by atoms with van der Waals surface area (Å²) in [6.07, 6.45) is 0. The molecule has 0 aliphatic heterocycles. The highest BCUT2D eigenvalue weighted by Crippen LogP contribution is 2.27. The zero-order valence-corrected chi connectivity index (χ0v) is 13.1. The molecule has 0 spiro atoms. The first-order valence-electron chi connectivity index (χ1n) is 6.41. The van der Waals surface area contributed by atoms with Crippen molar-refractivity contribution in [3.8, 4) is 5.75 Å². The van der Waals surface area contributed by atoms with Crippen LogP contribution in [0, 0.1) is 12.7 Å². The Morgan fingerprint density at radius 2 is 2.05 bits per heavy atom. The maximum absolute atomic E-state index is 13.5. The largest absolute Gasteiger partial charge is 0.489 e. The molecule has 2 N–H and O–H groups in total. The highest BCUT2D eigenvalue weighted by atomic mass is 79.9. The van der Waals surface area contributed by atoms with Crippen LogP contribution in [0.3, 0.4) is 0 Å². The summed E-state index contributed by atoms with van der Waals surface area (Å²) in [5.41, 5.74) is 8.75. The van der Waals surface area contributed by atoms with E-state index in [0.717, 1.165) is 22.4 Å². The van der Waals surface area contributed by atoms with Crippen molar-refractivity contribution in [3.63, 3.8) is 0 Å². The van der Waals surface area contributed by atoms with Crippen LogP contribution in [-0.4, -0.2) is 0 Å². The minimum Gasteiger partial charge on any atom is -0.489 e. The zero-order valence-electron chi connectivity index (χ0n) is 11.5. The lowest BCUT2D eigenvalue weighted by Crippen LogP contribution is -2.08. The fourth-order valence-electron chi connectivity index (χ4n) is 1.96. The van der Waals surface area contributed by atoms with Crippen LogP contribution in [0.5, 0.6) is 5.75 Å². The lowest BCUT2D eigenvalue weighted by molar-refractivity contribution is 0.300.